The van der Waals surface area contributed by atoms with Crippen molar-refractivity contribution in [1.29, 1.82) is 0 Å². The summed E-state index contributed by atoms with van der Waals surface area (Å²) in [4.78, 5) is 0. The number of aliphatic hydroxyl groups is 1. The van der Waals surface area contributed by atoms with Crippen LogP contribution in [0.1, 0.15) is 0 Å². The number of nitrogens with two attached hydrogens (primary N) is 1. The quantitative estimate of drug-likeness (QED) is 0.432. The molecule has 1 unspecified atom stereocenters. The smallest absolute Gasteiger partial charge is 0.418 e. The summed E-state index contributed by atoms with van der Waals surface area (Å²) in [5, 5.41) is 8.12. The van der Waals surface area contributed by atoms with Crippen LogP contribution in [0.3, 0.4) is 0 Å². The first-order valence-corrected chi connectivity index (χ1v) is 2.36. The van der Waals surface area contributed by atoms with Gasteiger partial charge in [0.2, 0.25) is 0 Å². The lowest BCUT2D eigenvalue weighted by molar-refractivity contribution is 0.229. The third-order valence-electron chi connectivity index (χ3n) is 0.272. The van der Waals surface area contributed by atoms with Gasteiger partial charge >= 0.3 is 7.25 Å². The fourth-order valence-corrected chi connectivity index (χ4v) is 0. The molecule has 0 amide bonds. The molecule has 0 aliphatic carbocycles. The van der Waals surface area contributed by atoms with Crippen LogP contribution in [-0.2, 0) is 0 Å². The zero-order chi connectivity index (χ0) is 8.78. The Morgan fingerprint density at radius 1 is 1.40 bits per heavy atom. The van der Waals surface area contributed by atoms with E-state index in [-0.39, 0.29) is 6.54 Å². The molecule has 63 valence electrons. The van der Waals surface area contributed by atoms with Crippen LogP contribution in [0.15, 0.2) is 0 Å². The summed E-state index contributed by atoms with van der Waals surface area (Å²) >= 11 is 0. The molecule has 0 heterocycles. The predicted molar refractivity (Wildman–Crippen MR) is 30.6 cm³/mol. The van der Waals surface area contributed by atoms with Crippen LogP contribution in [0, 0.1) is 6.92 Å². The third kappa shape index (κ3) is 119. The van der Waals surface area contributed by atoms with Gasteiger partial charge < -0.3 is 28.1 Å². The van der Waals surface area contributed by atoms with Crippen molar-refractivity contribution >= 4 is 7.25 Å². The van der Waals surface area contributed by atoms with Gasteiger partial charge in [0.05, 0.1) is 6.10 Å². The van der Waals surface area contributed by atoms with Crippen molar-refractivity contribution in [3.05, 3.63) is 6.92 Å². The standard InChI is InChI=1S/C3H8NO.BF4/c1-3(5)2-4;2-1(3,4)5/h3,5H,1-2,4H2;/q;-1. The monoisotopic (exact) mass is 161 g/mol. The van der Waals surface area contributed by atoms with Crippen molar-refractivity contribution in [3.63, 3.8) is 0 Å². The van der Waals surface area contributed by atoms with Crippen LogP contribution < -0.4 is 5.73 Å². The highest BCUT2D eigenvalue weighted by molar-refractivity contribution is 6.50. The molecule has 0 saturated carbocycles. The van der Waals surface area contributed by atoms with Crippen LogP contribution >= 0.6 is 0 Å². The van der Waals surface area contributed by atoms with E-state index in [4.69, 9.17) is 10.8 Å². The van der Waals surface area contributed by atoms with Crippen molar-refractivity contribution in [2.75, 3.05) is 6.54 Å². The van der Waals surface area contributed by atoms with Gasteiger partial charge in [0.15, 0.2) is 0 Å². The van der Waals surface area contributed by atoms with Gasteiger partial charge in [-0.05, 0) is 6.92 Å². The van der Waals surface area contributed by atoms with E-state index in [0.29, 0.717) is 0 Å². The van der Waals surface area contributed by atoms with Gasteiger partial charge in [0, 0.05) is 6.54 Å². The minimum Gasteiger partial charge on any atom is -0.418 e. The Morgan fingerprint density at radius 2 is 1.50 bits per heavy atom. The van der Waals surface area contributed by atoms with E-state index >= 15 is 0 Å². The number of halogens is 4. The summed E-state index contributed by atoms with van der Waals surface area (Å²) in [6.07, 6.45) is -0.588. The lowest BCUT2D eigenvalue weighted by Gasteiger charge is -1.94. The Kier molecular flexibility index (Phi) is 6.80. The molecule has 0 aliphatic rings. The maximum Gasteiger partial charge on any atom is 0.673 e. The fourth-order valence-electron chi connectivity index (χ4n) is 0. The molecule has 0 aromatic heterocycles. The van der Waals surface area contributed by atoms with Gasteiger partial charge in [0.1, 0.15) is 0 Å². The molecule has 0 bridgehead atoms. The second-order valence-corrected chi connectivity index (χ2v) is 1.38. The molecule has 0 spiro atoms. The molecule has 10 heavy (non-hydrogen) atoms. The summed E-state index contributed by atoms with van der Waals surface area (Å²) in [5.74, 6) is 0. The first-order chi connectivity index (χ1) is 4.27. The highest BCUT2D eigenvalue weighted by atomic mass is 19.5. The van der Waals surface area contributed by atoms with E-state index in [1.165, 1.54) is 0 Å². The number of rotatable bonds is 1. The van der Waals surface area contributed by atoms with Gasteiger partial charge in [-0.2, -0.15) is 0 Å². The molecule has 0 rings (SSSR count). The first-order valence-electron chi connectivity index (χ1n) is 2.36. The Morgan fingerprint density at radius 3 is 1.50 bits per heavy atom. The molecule has 1 radical (unpaired) electrons. The molecule has 0 saturated heterocycles. The van der Waals surface area contributed by atoms with Crippen LogP contribution in [0.5, 0.6) is 0 Å². The molecule has 3 N–H and O–H groups in total. The van der Waals surface area contributed by atoms with E-state index in [1.807, 2.05) is 0 Å². The van der Waals surface area contributed by atoms with Crippen molar-refractivity contribution < 1.29 is 22.4 Å². The third-order valence-corrected chi connectivity index (χ3v) is 0.272. The molecular weight excluding hydrogens is 153 g/mol. The zero-order valence-electron chi connectivity index (χ0n) is 5.11. The predicted octanol–water partition coefficient (Wildman–Crippen LogP) is 0.440. The van der Waals surface area contributed by atoms with E-state index in [1.54, 1.807) is 0 Å². The highest BCUT2D eigenvalue weighted by Crippen LogP contribution is 2.06. The summed E-state index contributed by atoms with van der Waals surface area (Å²) in [6.45, 7) is 3.44. The lowest BCUT2D eigenvalue weighted by Crippen LogP contribution is -2.14. The van der Waals surface area contributed by atoms with E-state index in [9.17, 15) is 17.3 Å². The van der Waals surface area contributed by atoms with Crippen LogP contribution in [-0.4, -0.2) is 25.0 Å². The maximum absolute atomic E-state index is 9.75. The van der Waals surface area contributed by atoms with Crippen LogP contribution in [0.2, 0.25) is 0 Å². The Bertz CT molecular complexity index is 69.4. The summed E-state index contributed by atoms with van der Waals surface area (Å²) in [6, 6.07) is 0. The number of aliphatic hydroxyl groups excluding tert-OH is 1. The molecule has 0 fully saturated rings. The molecule has 1 atom stereocenters. The molecular formula is C3H8BF4NO-. The summed E-state index contributed by atoms with van der Waals surface area (Å²) in [5.41, 5.74) is 4.86. The van der Waals surface area contributed by atoms with Gasteiger partial charge in [0.25, 0.3) is 0 Å². The molecule has 0 aliphatic heterocycles. The Hall–Kier alpha value is -0.295. The second kappa shape index (κ2) is 5.49. The maximum atomic E-state index is 9.75. The number of hydrogen-bond acceptors (Lipinski definition) is 2. The highest BCUT2D eigenvalue weighted by Gasteiger charge is 2.20. The fraction of sp³-hybridized carbons (Fsp3) is 0.667. The van der Waals surface area contributed by atoms with Crippen molar-refractivity contribution in [2.24, 2.45) is 5.73 Å². The summed E-state index contributed by atoms with van der Waals surface area (Å²) in [7, 11) is -6.00. The average Bonchev–Trinajstić information content (AvgIpc) is 1.61. The van der Waals surface area contributed by atoms with E-state index in [2.05, 4.69) is 6.92 Å². The molecule has 0 aromatic rings. The minimum atomic E-state index is -6.00. The van der Waals surface area contributed by atoms with Crippen molar-refractivity contribution in [3.8, 4) is 0 Å². The van der Waals surface area contributed by atoms with Gasteiger partial charge in [-0.15, -0.1) is 0 Å². The zero-order valence-corrected chi connectivity index (χ0v) is 5.11. The Balaban J connectivity index is 0. The van der Waals surface area contributed by atoms with Gasteiger partial charge in [-0.25, -0.2) is 0 Å². The summed E-state index contributed by atoms with van der Waals surface area (Å²) < 4.78 is 39.0. The lowest BCUT2D eigenvalue weighted by atomic mass is 10.3. The normalized spacial score (nSPS) is 13.5. The van der Waals surface area contributed by atoms with E-state index < -0.39 is 13.4 Å². The minimum absolute atomic E-state index is 0.250. The van der Waals surface area contributed by atoms with Gasteiger partial charge in [-0.1, -0.05) is 0 Å². The van der Waals surface area contributed by atoms with Crippen LogP contribution in [0.4, 0.5) is 17.3 Å². The topological polar surface area (TPSA) is 46.2 Å². The number of hydrogen-bond donors (Lipinski definition) is 2. The molecule has 7 heteroatoms. The van der Waals surface area contributed by atoms with Crippen LogP contribution in [0.25, 0.3) is 0 Å². The molecule has 2 nitrogen and oxygen atoms in total. The van der Waals surface area contributed by atoms with Gasteiger partial charge in [-0.3, -0.25) is 0 Å². The Labute approximate surface area is 56.1 Å². The second-order valence-electron chi connectivity index (χ2n) is 1.38. The SMILES string of the molecule is F[B-](F)(F)F.[CH2]C(O)CN. The average molecular weight is 161 g/mol. The van der Waals surface area contributed by atoms with E-state index in [0.717, 1.165) is 0 Å². The van der Waals surface area contributed by atoms with Crippen molar-refractivity contribution in [2.45, 2.75) is 6.10 Å². The largest absolute Gasteiger partial charge is 0.673 e. The first kappa shape index (κ1) is 12.4. The van der Waals surface area contributed by atoms with Crippen molar-refractivity contribution in [1.82, 2.24) is 0 Å². The molecule has 0 aromatic carbocycles.